The van der Waals surface area contributed by atoms with Gasteiger partial charge in [-0.15, -0.1) is 0 Å². The molecule has 0 fully saturated rings. The van der Waals surface area contributed by atoms with Crippen LogP contribution in [0.5, 0.6) is 0 Å². The number of rotatable bonds is 2. The average molecular weight is 288 g/mol. The lowest BCUT2D eigenvalue weighted by Crippen LogP contribution is -1.94. The minimum Gasteiger partial charge on any atom is -0.478 e. The van der Waals surface area contributed by atoms with Crippen LogP contribution < -0.4 is 0 Å². The number of hydrogen-bond donors (Lipinski definition) is 1. The molecule has 100 valence electrons. The van der Waals surface area contributed by atoms with Crippen molar-refractivity contribution in [3.05, 3.63) is 52.5 Å². The highest BCUT2D eigenvalue weighted by atomic mass is 35.5. The van der Waals surface area contributed by atoms with E-state index in [4.69, 9.17) is 21.1 Å². The molecule has 4 nitrogen and oxygen atoms in total. The average Bonchev–Trinajstić information content (AvgIpc) is 2.84. The molecular formula is C15H10ClNO3. The molecule has 0 unspecified atom stereocenters. The monoisotopic (exact) mass is 287 g/mol. The normalized spacial score (nSPS) is 10.9. The molecule has 0 aliphatic heterocycles. The van der Waals surface area contributed by atoms with Crippen LogP contribution in [0.15, 0.2) is 40.8 Å². The third-order valence-corrected chi connectivity index (χ3v) is 3.54. The molecular weight excluding hydrogens is 278 g/mol. The van der Waals surface area contributed by atoms with Crippen molar-refractivity contribution in [1.82, 2.24) is 4.98 Å². The van der Waals surface area contributed by atoms with Crippen LogP contribution in [-0.2, 0) is 0 Å². The molecule has 0 aliphatic rings. The number of fused-ring (bicyclic) bond motifs is 1. The summed E-state index contributed by atoms with van der Waals surface area (Å²) in [6.45, 7) is 1.88. The molecule has 3 rings (SSSR count). The Morgan fingerprint density at radius 3 is 2.85 bits per heavy atom. The van der Waals surface area contributed by atoms with Gasteiger partial charge in [-0.3, -0.25) is 0 Å². The van der Waals surface area contributed by atoms with Crippen LogP contribution in [0.1, 0.15) is 15.9 Å². The van der Waals surface area contributed by atoms with E-state index in [2.05, 4.69) is 4.98 Å². The Balaban J connectivity index is 2.18. The van der Waals surface area contributed by atoms with Gasteiger partial charge in [0.15, 0.2) is 5.58 Å². The van der Waals surface area contributed by atoms with Gasteiger partial charge in [-0.1, -0.05) is 17.7 Å². The predicted octanol–water partition coefficient (Wildman–Crippen LogP) is 4.15. The van der Waals surface area contributed by atoms with E-state index in [1.807, 2.05) is 19.1 Å². The minimum atomic E-state index is -0.996. The lowest BCUT2D eigenvalue weighted by molar-refractivity contribution is 0.0697. The van der Waals surface area contributed by atoms with E-state index >= 15 is 0 Å². The molecule has 0 bridgehead atoms. The summed E-state index contributed by atoms with van der Waals surface area (Å²) in [5.74, 6) is -0.564. The fourth-order valence-electron chi connectivity index (χ4n) is 2.01. The first-order valence-electron chi connectivity index (χ1n) is 5.95. The Morgan fingerprint density at radius 2 is 2.10 bits per heavy atom. The number of hydrogen-bond acceptors (Lipinski definition) is 3. The maximum absolute atomic E-state index is 10.9. The molecule has 1 N–H and O–H groups in total. The van der Waals surface area contributed by atoms with Crippen LogP contribution in [0.2, 0.25) is 5.02 Å². The fourth-order valence-corrected chi connectivity index (χ4v) is 2.19. The summed E-state index contributed by atoms with van der Waals surface area (Å²) in [4.78, 5) is 15.3. The summed E-state index contributed by atoms with van der Waals surface area (Å²) in [5, 5.41) is 9.60. The molecule has 0 saturated heterocycles. The third-order valence-electron chi connectivity index (χ3n) is 3.13. The van der Waals surface area contributed by atoms with Gasteiger partial charge in [-0.25, -0.2) is 9.78 Å². The zero-order valence-corrected chi connectivity index (χ0v) is 11.3. The third kappa shape index (κ3) is 2.04. The Kier molecular flexibility index (Phi) is 2.95. The SMILES string of the molecule is Cc1c(Cl)cccc1-c1nc2ccc(C(=O)O)cc2o1. The number of halogens is 1. The molecule has 3 aromatic rings. The number of carboxylic acids is 1. The van der Waals surface area contributed by atoms with E-state index in [0.717, 1.165) is 11.1 Å². The van der Waals surface area contributed by atoms with Gasteiger partial charge in [0, 0.05) is 10.6 Å². The maximum Gasteiger partial charge on any atom is 0.335 e. The summed E-state index contributed by atoms with van der Waals surface area (Å²) in [6, 6.07) is 10.1. The first-order chi connectivity index (χ1) is 9.56. The van der Waals surface area contributed by atoms with Gasteiger partial charge >= 0.3 is 5.97 Å². The van der Waals surface area contributed by atoms with E-state index in [-0.39, 0.29) is 5.56 Å². The number of nitrogens with zero attached hydrogens (tertiary/aromatic N) is 1. The van der Waals surface area contributed by atoms with Crippen molar-refractivity contribution in [3.63, 3.8) is 0 Å². The van der Waals surface area contributed by atoms with Crippen LogP contribution in [0.3, 0.4) is 0 Å². The molecule has 5 heteroatoms. The number of aromatic carboxylic acids is 1. The van der Waals surface area contributed by atoms with Crippen molar-refractivity contribution in [3.8, 4) is 11.5 Å². The zero-order valence-electron chi connectivity index (χ0n) is 10.6. The van der Waals surface area contributed by atoms with Gasteiger partial charge in [-0.2, -0.15) is 0 Å². The van der Waals surface area contributed by atoms with Crippen molar-refractivity contribution in [2.75, 3.05) is 0 Å². The second-order valence-corrected chi connectivity index (χ2v) is 4.83. The van der Waals surface area contributed by atoms with Gasteiger partial charge in [0.1, 0.15) is 5.52 Å². The molecule has 2 aromatic carbocycles. The highest BCUT2D eigenvalue weighted by Gasteiger charge is 2.13. The number of carboxylic acid groups (broad SMARTS) is 1. The van der Waals surface area contributed by atoms with E-state index < -0.39 is 5.97 Å². The van der Waals surface area contributed by atoms with Gasteiger partial charge < -0.3 is 9.52 Å². The number of oxazole rings is 1. The smallest absolute Gasteiger partial charge is 0.335 e. The van der Waals surface area contributed by atoms with Gasteiger partial charge in [0.2, 0.25) is 5.89 Å². The molecule has 0 spiro atoms. The molecule has 1 aromatic heterocycles. The molecule has 0 atom stereocenters. The second kappa shape index (κ2) is 4.65. The van der Waals surface area contributed by atoms with Crippen molar-refractivity contribution in [2.24, 2.45) is 0 Å². The van der Waals surface area contributed by atoms with E-state index in [1.54, 1.807) is 12.1 Å². The topological polar surface area (TPSA) is 63.3 Å². The van der Waals surface area contributed by atoms with E-state index in [9.17, 15) is 4.79 Å². The van der Waals surface area contributed by atoms with Crippen molar-refractivity contribution in [2.45, 2.75) is 6.92 Å². The summed E-state index contributed by atoms with van der Waals surface area (Å²) >= 11 is 6.08. The predicted molar refractivity (Wildman–Crippen MR) is 76.2 cm³/mol. The molecule has 20 heavy (non-hydrogen) atoms. The number of aromatic nitrogens is 1. The lowest BCUT2D eigenvalue weighted by atomic mass is 10.1. The fraction of sp³-hybridized carbons (Fsp3) is 0.0667. The Hall–Kier alpha value is -2.33. The molecule has 0 radical (unpaired) electrons. The number of benzene rings is 2. The Labute approximate surface area is 119 Å². The van der Waals surface area contributed by atoms with Crippen LogP contribution in [-0.4, -0.2) is 16.1 Å². The summed E-state index contributed by atoms with van der Waals surface area (Å²) in [5.41, 5.74) is 2.90. The highest BCUT2D eigenvalue weighted by molar-refractivity contribution is 6.31. The second-order valence-electron chi connectivity index (χ2n) is 4.42. The largest absolute Gasteiger partial charge is 0.478 e. The van der Waals surface area contributed by atoms with Crippen LogP contribution >= 0.6 is 11.6 Å². The number of carbonyl (C=O) groups is 1. The molecule has 1 heterocycles. The molecule has 0 amide bonds. The molecule has 0 aliphatic carbocycles. The zero-order chi connectivity index (χ0) is 14.3. The van der Waals surface area contributed by atoms with Crippen molar-refractivity contribution < 1.29 is 14.3 Å². The quantitative estimate of drug-likeness (QED) is 0.769. The minimum absolute atomic E-state index is 0.169. The van der Waals surface area contributed by atoms with Crippen LogP contribution in [0, 0.1) is 6.92 Å². The maximum atomic E-state index is 10.9. The van der Waals surface area contributed by atoms with E-state index in [1.165, 1.54) is 12.1 Å². The molecule has 0 saturated carbocycles. The van der Waals surface area contributed by atoms with Gasteiger partial charge in [0.25, 0.3) is 0 Å². The van der Waals surface area contributed by atoms with Crippen LogP contribution in [0.4, 0.5) is 0 Å². The summed E-state index contributed by atoms with van der Waals surface area (Å²) in [6.07, 6.45) is 0. The first-order valence-corrected chi connectivity index (χ1v) is 6.33. The lowest BCUT2D eigenvalue weighted by Gasteiger charge is -2.02. The van der Waals surface area contributed by atoms with Gasteiger partial charge in [0.05, 0.1) is 5.56 Å². The van der Waals surface area contributed by atoms with Crippen LogP contribution in [0.25, 0.3) is 22.6 Å². The first kappa shape index (κ1) is 12.7. The standard InChI is InChI=1S/C15H10ClNO3/c1-8-10(3-2-4-11(8)16)14-17-12-6-5-9(15(18)19)7-13(12)20-14/h2-7H,1H3,(H,18,19). The highest BCUT2D eigenvalue weighted by Crippen LogP contribution is 2.30. The summed E-state index contributed by atoms with van der Waals surface area (Å²) in [7, 11) is 0. The summed E-state index contributed by atoms with van der Waals surface area (Å²) < 4.78 is 5.65. The van der Waals surface area contributed by atoms with Crippen molar-refractivity contribution >= 4 is 28.7 Å². The Bertz CT molecular complexity index is 823. The van der Waals surface area contributed by atoms with Crippen molar-refractivity contribution in [1.29, 1.82) is 0 Å². The Morgan fingerprint density at radius 1 is 1.30 bits per heavy atom. The van der Waals surface area contributed by atoms with Gasteiger partial charge in [-0.05, 0) is 42.8 Å². The van der Waals surface area contributed by atoms with E-state index in [0.29, 0.717) is 22.0 Å².